The second kappa shape index (κ2) is 7.65. The van der Waals surface area contributed by atoms with E-state index in [0.29, 0.717) is 19.4 Å². The number of rotatable bonds is 8. The summed E-state index contributed by atoms with van der Waals surface area (Å²) in [6.07, 6.45) is 7.70. The summed E-state index contributed by atoms with van der Waals surface area (Å²) in [6.45, 7) is 4.15. The molecular formula is C13H20N2O2. The molecule has 0 saturated carbocycles. The van der Waals surface area contributed by atoms with Crippen molar-refractivity contribution in [2.24, 2.45) is 7.05 Å². The highest BCUT2D eigenvalue weighted by Crippen LogP contribution is 2.02. The number of hydrogen-bond donors (Lipinski definition) is 0. The van der Waals surface area contributed by atoms with Crippen LogP contribution in [0.3, 0.4) is 0 Å². The molecule has 1 aromatic heterocycles. The number of aryl methyl sites for hydroxylation is 2. The van der Waals surface area contributed by atoms with Crippen LogP contribution < -0.4 is 0 Å². The summed E-state index contributed by atoms with van der Waals surface area (Å²) < 4.78 is 6.84. The molecule has 0 N–H and O–H groups in total. The normalized spacial score (nSPS) is 10.2. The molecule has 1 heterocycles. The highest BCUT2D eigenvalue weighted by Gasteiger charge is 2.04. The first-order valence-electron chi connectivity index (χ1n) is 5.97. The molecule has 1 rings (SSSR count). The van der Waals surface area contributed by atoms with E-state index in [2.05, 4.69) is 11.7 Å². The Morgan fingerprint density at radius 1 is 1.59 bits per heavy atom. The first-order chi connectivity index (χ1) is 8.22. The second-order valence-electron chi connectivity index (χ2n) is 3.99. The van der Waals surface area contributed by atoms with E-state index in [9.17, 15) is 4.79 Å². The average Bonchev–Trinajstić information content (AvgIpc) is 2.72. The highest BCUT2D eigenvalue weighted by molar-refractivity contribution is 5.69. The van der Waals surface area contributed by atoms with Gasteiger partial charge < -0.3 is 4.74 Å². The van der Waals surface area contributed by atoms with Gasteiger partial charge in [0, 0.05) is 19.7 Å². The lowest BCUT2D eigenvalue weighted by Gasteiger charge is -2.03. The number of allylic oxidation sites excluding steroid dienone is 1. The van der Waals surface area contributed by atoms with Gasteiger partial charge in [0.05, 0.1) is 18.7 Å². The van der Waals surface area contributed by atoms with Gasteiger partial charge in [-0.25, -0.2) is 0 Å². The van der Waals surface area contributed by atoms with Crippen LogP contribution >= 0.6 is 0 Å². The van der Waals surface area contributed by atoms with E-state index in [1.54, 1.807) is 4.68 Å². The Kier molecular flexibility index (Phi) is 6.07. The molecule has 4 heteroatoms. The molecule has 0 amide bonds. The summed E-state index contributed by atoms with van der Waals surface area (Å²) in [5, 5.41) is 4.20. The van der Waals surface area contributed by atoms with Crippen LogP contribution in [-0.4, -0.2) is 22.4 Å². The van der Waals surface area contributed by atoms with Crippen molar-refractivity contribution in [3.05, 3.63) is 30.6 Å². The topological polar surface area (TPSA) is 44.1 Å². The van der Waals surface area contributed by atoms with E-state index in [0.717, 1.165) is 25.0 Å². The van der Waals surface area contributed by atoms with E-state index >= 15 is 0 Å². The molecule has 0 radical (unpaired) electrons. The minimum absolute atomic E-state index is 0.144. The van der Waals surface area contributed by atoms with Crippen molar-refractivity contribution in [3.8, 4) is 0 Å². The predicted octanol–water partition coefficient (Wildman–Crippen LogP) is 2.25. The Balaban J connectivity index is 2.07. The van der Waals surface area contributed by atoms with Gasteiger partial charge in [-0.3, -0.25) is 9.48 Å². The van der Waals surface area contributed by atoms with Gasteiger partial charge in [-0.15, -0.1) is 6.58 Å². The van der Waals surface area contributed by atoms with Gasteiger partial charge in [0.15, 0.2) is 0 Å². The lowest BCUT2D eigenvalue weighted by atomic mass is 10.2. The van der Waals surface area contributed by atoms with Crippen molar-refractivity contribution in [1.82, 2.24) is 9.78 Å². The molecule has 0 unspecified atom stereocenters. The second-order valence-corrected chi connectivity index (χ2v) is 3.99. The van der Waals surface area contributed by atoms with E-state index in [1.807, 2.05) is 25.4 Å². The summed E-state index contributed by atoms with van der Waals surface area (Å²) in [4.78, 5) is 11.4. The number of nitrogens with zero attached hydrogens (tertiary/aromatic N) is 2. The van der Waals surface area contributed by atoms with Gasteiger partial charge in [0.2, 0.25) is 0 Å². The van der Waals surface area contributed by atoms with Crippen molar-refractivity contribution in [2.45, 2.75) is 32.1 Å². The summed E-state index contributed by atoms with van der Waals surface area (Å²) in [7, 11) is 1.86. The SMILES string of the molecule is C=CCCCCOC(=O)CCc1ccn(C)n1. The zero-order chi connectivity index (χ0) is 12.5. The Bertz CT molecular complexity index is 358. The zero-order valence-electron chi connectivity index (χ0n) is 10.4. The summed E-state index contributed by atoms with van der Waals surface area (Å²) in [6, 6.07) is 1.91. The Labute approximate surface area is 102 Å². The van der Waals surface area contributed by atoms with E-state index in [4.69, 9.17) is 4.74 Å². The third-order valence-electron chi connectivity index (χ3n) is 2.42. The van der Waals surface area contributed by atoms with Crippen LogP contribution in [0.5, 0.6) is 0 Å². The zero-order valence-corrected chi connectivity index (χ0v) is 10.4. The van der Waals surface area contributed by atoms with E-state index < -0.39 is 0 Å². The fraction of sp³-hybridized carbons (Fsp3) is 0.538. The molecule has 0 fully saturated rings. The van der Waals surface area contributed by atoms with Crippen LogP contribution in [0.2, 0.25) is 0 Å². The molecule has 1 aromatic rings. The van der Waals surface area contributed by atoms with Crippen molar-refractivity contribution in [3.63, 3.8) is 0 Å². The number of unbranched alkanes of at least 4 members (excludes halogenated alkanes) is 2. The van der Waals surface area contributed by atoms with Crippen molar-refractivity contribution >= 4 is 5.97 Å². The first kappa shape index (κ1) is 13.5. The molecule has 0 aliphatic rings. The maximum absolute atomic E-state index is 11.4. The third-order valence-corrected chi connectivity index (χ3v) is 2.42. The molecule has 0 aromatic carbocycles. The van der Waals surface area contributed by atoms with Crippen LogP contribution in [-0.2, 0) is 23.0 Å². The van der Waals surface area contributed by atoms with Crippen LogP contribution in [0.25, 0.3) is 0 Å². The van der Waals surface area contributed by atoms with E-state index in [-0.39, 0.29) is 5.97 Å². The molecule has 0 aliphatic heterocycles. The van der Waals surface area contributed by atoms with Crippen LogP contribution in [0.1, 0.15) is 31.4 Å². The minimum Gasteiger partial charge on any atom is -0.466 e. The molecule has 0 aliphatic carbocycles. The monoisotopic (exact) mass is 236 g/mol. The van der Waals surface area contributed by atoms with Gasteiger partial charge in [-0.2, -0.15) is 5.10 Å². The van der Waals surface area contributed by atoms with Crippen molar-refractivity contribution < 1.29 is 9.53 Å². The minimum atomic E-state index is -0.144. The van der Waals surface area contributed by atoms with Gasteiger partial charge >= 0.3 is 5.97 Å². The fourth-order valence-electron chi connectivity index (χ4n) is 1.48. The van der Waals surface area contributed by atoms with Crippen LogP contribution in [0.4, 0.5) is 0 Å². The van der Waals surface area contributed by atoms with Gasteiger partial charge in [0.25, 0.3) is 0 Å². The van der Waals surface area contributed by atoms with Crippen molar-refractivity contribution in [1.29, 1.82) is 0 Å². The quantitative estimate of drug-likeness (QED) is 0.395. The Hall–Kier alpha value is -1.58. The number of carbonyl (C=O) groups is 1. The number of aromatic nitrogens is 2. The lowest BCUT2D eigenvalue weighted by molar-refractivity contribution is -0.143. The van der Waals surface area contributed by atoms with Gasteiger partial charge in [-0.05, 0) is 25.3 Å². The smallest absolute Gasteiger partial charge is 0.306 e. The molecule has 94 valence electrons. The molecule has 0 atom stereocenters. The molecule has 0 saturated heterocycles. The van der Waals surface area contributed by atoms with E-state index in [1.165, 1.54) is 0 Å². The average molecular weight is 236 g/mol. The van der Waals surface area contributed by atoms with Gasteiger partial charge in [0.1, 0.15) is 0 Å². The number of carbonyl (C=O) groups excluding carboxylic acids is 1. The number of hydrogen-bond acceptors (Lipinski definition) is 3. The van der Waals surface area contributed by atoms with Gasteiger partial charge in [-0.1, -0.05) is 6.08 Å². The Morgan fingerprint density at radius 2 is 2.41 bits per heavy atom. The number of esters is 1. The number of ether oxygens (including phenoxy) is 1. The predicted molar refractivity (Wildman–Crippen MR) is 66.5 cm³/mol. The third kappa shape index (κ3) is 5.90. The maximum atomic E-state index is 11.4. The largest absolute Gasteiger partial charge is 0.466 e. The molecule has 0 spiro atoms. The highest BCUT2D eigenvalue weighted by atomic mass is 16.5. The fourth-order valence-corrected chi connectivity index (χ4v) is 1.48. The van der Waals surface area contributed by atoms with Crippen molar-refractivity contribution in [2.75, 3.05) is 6.61 Å². The van der Waals surface area contributed by atoms with Crippen LogP contribution in [0.15, 0.2) is 24.9 Å². The standard InChI is InChI=1S/C13H20N2O2/c1-3-4-5-6-11-17-13(16)8-7-12-9-10-15(2)14-12/h3,9-10H,1,4-8,11H2,2H3. The Morgan fingerprint density at radius 3 is 3.06 bits per heavy atom. The molecule has 4 nitrogen and oxygen atoms in total. The molecule has 17 heavy (non-hydrogen) atoms. The summed E-state index contributed by atoms with van der Waals surface area (Å²) >= 11 is 0. The summed E-state index contributed by atoms with van der Waals surface area (Å²) in [5.41, 5.74) is 0.927. The first-order valence-corrected chi connectivity index (χ1v) is 5.97. The maximum Gasteiger partial charge on any atom is 0.306 e. The lowest BCUT2D eigenvalue weighted by Crippen LogP contribution is -2.07. The molecular weight excluding hydrogens is 216 g/mol. The van der Waals surface area contributed by atoms with Crippen LogP contribution in [0, 0.1) is 0 Å². The summed E-state index contributed by atoms with van der Waals surface area (Å²) in [5.74, 6) is -0.144. The molecule has 0 bridgehead atoms.